The predicted octanol–water partition coefficient (Wildman–Crippen LogP) is 1.55. The highest BCUT2D eigenvalue weighted by molar-refractivity contribution is 4.87. The summed E-state index contributed by atoms with van der Waals surface area (Å²) < 4.78 is 0. The van der Waals surface area contributed by atoms with E-state index >= 15 is 0 Å². The summed E-state index contributed by atoms with van der Waals surface area (Å²) in [4.78, 5) is 5.11. The standard InChI is InChI=1S/C17H35N3O/c1-18-15-17(7-4-2-3-5-8-17)16-20-10-6-9-19(11-12-20)13-14-21/h18,21H,2-16H2,1H3. The molecular formula is C17H35N3O. The van der Waals surface area contributed by atoms with Gasteiger partial charge in [-0.05, 0) is 44.8 Å². The molecule has 124 valence electrons. The van der Waals surface area contributed by atoms with Crippen molar-refractivity contribution in [2.24, 2.45) is 5.41 Å². The van der Waals surface area contributed by atoms with Gasteiger partial charge in [0, 0.05) is 32.7 Å². The number of nitrogens with one attached hydrogen (secondary N) is 1. The Morgan fingerprint density at radius 1 is 0.905 bits per heavy atom. The normalized spacial score (nSPS) is 25.4. The summed E-state index contributed by atoms with van der Waals surface area (Å²) in [7, 11) is 2.11. The fourth-order valence-electron chi connectivity index (χ4n) is 4.27. The summed E-state index contributed by atoms with van der Waals surface area (Å²) in [6, 6.07) is 0. The molecule has 0 unspecified atom stereocenters. The van der Waals surface area contributed by atoms with E-state index in [2.05, 4.69) is 22.2 Å². The van der Waals surface area contributed by atoms with Gasteiger partial charge in [-0.2, -0.15) is 0 Å². The molecule has 0 amide bonds. The smallest absolute Gasteiger partial charge is 0.0558 e. The fraction of sp³-hybridized carbons (Fsp3) is 1.00. The van der Waals surface area contributed by atoms with E-state index in [-0.39, 0.29) is 0 Å². The summed E-state index contributed by atoms with van der Waals surface area (Å²) in [5.41, 5.74) is 0.497. The lowest BCUT2D eigenvalue weighted by Gasteiger charge is -2.38. The summed E-state index contributed by atoms with van der Waals surface area (Å²) in [6.07, 6.45) is 9.70. The van der Waals surface area contributed by atoms with Crippen LogP contribution in [0.5, 0.6) is 0 Å². The Bertz CT molecular complexity index is 277. The quantitative estimate of drug-likeness (QED) is 0.730. The summed E-state index contributed by atoms with van der Waals surface area (Å²) in [5, 5.41) is 12.6. The van der Waals surface area contributed by atoms with Crippen molar-refractivity contribution >= 4 is 0 Å². The van der Waals surface area contributed by atoms with Crippen molar-refractivity contribution in [3.05, 3.63) is 0 Å². The maximum absolute atomic E-state index is 9.12. The summed E-state index contributed by atoms with van der Waals surface area (Å²) in [6.45, 7) is 8.25. The van der Waals surface area contributed by atoms with Crippen LogP contribution < -0.4 is 5.32 Å². The Morgan fingerprint density at radius 2 is 1.57 bits per heavy atom. The monoisotopic (exact) mass is 297 g/mol. The zero-order valence-electron chi connectivity index (χ0n) is 13.9. The van der Waals surface area contributed by atoms with E-state index in [1.165, 1.54) is 71.1 Å². The van der Waals surface area contributed by atoms with Gasteiger partial charge in [0.25, 0.3) is 0 Å². The molecule has 1 aliphatic carbocycles. The Morgan fingerprint density at radius 3 is 2.24 bits per heavy atom. The third-order valence-electron chi connectivity index (χ3n) is 5.37. The van der Waals surface area contributed by atoms with E-state index in [4.69, 9.17) is 5.11 Å². The minimum atomic E-state index is 0.295. The molecule has 0 aromatic heterocycles. The number of aliphatic hydroxyl groups excluding tert-OH is 1. The highest BCUT2D eigenvalue weighted by Crippen LogP contribution is 2.35. The molecule has 1 aliphatic heterocycles. The highest BCUT2D eigenvalue weighted by Gasteiger charge is 2.32. The molecule has 4 heteroatoms. The molecule has 0 atom stereocenters. The van der Waals surface area contributed by atoms with Gasteiger partial charge in [0.15, 0.2) is 0 Å². The van der Waals surface area contributed by atoms with Gasteiger partial charge in [-0.25, -0.2) is 0 Å². The number of aliphatic hydroxyl groups is 1. The molecule has 21 heavy (non-hydrogen) atoms. The maximum Gasteiger partial charge on any atom is 0.0558 e. The van der Waals surface area contributed by atoms with Crippen molar-refractivity contribution in [1.82, 2.24) is 15.1 Å². The van der Waals surface area contributed by atoms with Crippen LogP contribution in [0.15, 0.2) is 0 Å². The third kappa shape index (κ3) is 5.51. The van der Waals surface area contributed by atoms with E-state index in [1.807, 2.05) is 0 Å². The van der Waals surface area contributed by atoms with E-state index in [0.29, 0.717) is 12.0 Å². The molecule has 0 bridgehead atoms. The molecule has 0 radical (unpaired) electrons. The van der Waals surface area contributed by atoms with Crippen LogP contribution in [0.2, 0.25) is 0 Å². The van der Waals surface area contributed by atoms with Gasteiger partial charge in [0.2, 0.25) is 0 Å². The molecule has 0 aromatic rings. The molecule has 0 aromatic carbocycles. The molecule has 2 N–H and O–H groups in total. The second-order valence-corrected chi connectivity index (χ2v) is 7.14. The van der Waals surface area contributed by atoms with Crippen LogP contribution in [0.4, 0.5) is 0 Å². The number of hydrogen-bond acceptors (Lipinski definition) is 4. The van der Waals surface area contributed by atoms with Crippen LogP contribution in [-0.4, -0.2) is 74.4 Å². The van der Waals surface area contributed by atoms with Crippen LogP contribution in [-0.2, 0) is 0 Å². The topological polar surface area (TPSA) is 38.7 Å². The first kappa shape index (κ1) is 17.2. The molecule has 2 rings (SSSR count). The lowest BCUT2D eigenvalue weighted by Crippen LogP contribution is -2.44. The molecule has 1 saturated carbocycles. The van der Waals surface area contributed by atoms with Crippen molar-refractivity contribution in [2.45, 2.75) is 44.9 Å². The lowest BCUT2D eigenvalue weighted by molar-refractivity contribution is 0.129. The Hall–Kier alpha value is -0.160. The van der Waals surface area contributed by atoms with Crippen molar-refractivity contribution in [3.63, 3.8) is 0 Å². The molecular weight excluding hydrogens is 262 g/mol. The average molecular weight is 297 g/mol. The first-order valence-corrected chi connectivity index (χ1v) is 8.98. The third-order valence-corrected chi connectivity index (χ3v) is 5.37. The zero-order valence-corrected chi connectivity index (χ0v) is 13.9. The van der Waals surface area contributed by atoms with Gasteiger partial charge in [-0.15, -0.1) is 0 Å². The highest BCUT2D eigenvalue weighted by atomic mass is 16.3. The first-order valence-electron chi connectivity index (χ1n) is 8.98. The zero-order chi connectivity index (χ0) is 15.0. The lowest BCUT2D eigenvalue weighted by atomic mass is 9.79. The van der Waals surface area contributed by atoms with Gasteiger partial charge in [-0.3, -0.25) is 4.90 Å². The molecule has 4 nitrogen and oxygen atoms in total. The number of hydrogen-bond donors (Lipinski definition) is 2. The minimum absolute atomic E-state index is 0.295. The second kappa shape index (κ2) is 9.09. The van der Waals surface area contributed by atoms with Crippen LogP contribution >= 0.6 is 0 Å². The van der Waals surface area contributed by atoms with Crippen LogP contribution in [0.3, 0.4) is 0 Å². The molecule has 1 saturated heterocycles. The van der Waals surface area contributed by atoms with Gasteiger partial charge in [0.1, 0.15) is 0 Å². The SMILES string of the molecule is CNCC1(CN2CCCN(CCO)CC2)CCCCCC1. The average Bonchev–Trinajstić information content (AvgIpc) is 2.82. The van der Waals surface area contributed by atoms with E-state index in [1.54, 1.807) is 0 Å². The second-order valence-electron chi connectivity index (χ2n) is 7.14. The van der Waals surface area contributed by atoms with E-state index < -0.39 is 0 Å². The van der Waals surface area contributed by atoms with Crippen LogP contribution in [0, 0.1) is 5.41 Å². The van der Waals surface area contributed by atoms with Crippen LogP contribution in [0.1, 0.15) is 44.9 Å². The van der Waals surface area contributed by atoms with Crippen molar-refractivity contribution in [1.29, 1.82) is 0 Å². The summed E-state index contributed by atoms with van der Waals surface area (Å²) >= 11 is 0. The Balaban J connectivity index is 1.90. The minimum Gasteiger partial charge on any atom is -0.395 e. The first-order chi connectivity index (χ1) is 10.3. The number of rotatable bonds is 6. The number of β-amino-alcohol motifs (C(OH)–C–C–N with tert-alkyl or cyclic N) is 1. The Kier molecular flexibility index (Phi) is 7.44. The molecule has 2 aliphatic rings. The molecule has 1 heterocycles. The van der Waals surface area contributed by atoms with E-state index in [0.717, 1.165) is 19.6 Å². The molecule has 0 spiro atoms. The van der Waals surface area contributed by atoms with Crippen LogP contribution in [0.25, 0.3) is 0 Å². The predicted molar refractivity (Wildman–Crippen MR) is 88.6 cm³/mol. The van der Waals surface area contributed by atoms with Gasteiger partial charge >= 0.3 is 0 Å². The largest absolute Gasteiger partial charge is 0.395 e. The van der Waals surface area contributed by atoms with Crippen molar-refractivity contribution < 1.29 is 5.11 Å². The Labute approximate surface area is 130 Å². The van der Waals surface area contributed by atoms with E-state index in [9.17, 15) is 0 Å². The van der Waals surface area contributed by atoms with Crippen molar-refractivity contribution in [3.8, 4) is 0 Å². The van der Waals surface area contributed by atoms with Gasteiger partial charge in [0.05, 0.1) is 6.61 Å². The van der Waals surface area contributed by atoms with Gasteiger partial charge < -0.3 is 15.3 Å². The summed E-state index contributed by atoms with van der Waals surface area (Å²) in [5.74, 6) is 0. The van der Waals surface area contributed by atoms with Gasteiger partial charge in [-0.1, -0.05) is 25.7 Å². The fourth-order valence-corrected chi connectivity index (χ4v) is 4.27. The maximum atomic E-state index is 9.12. The molecule has 2 fully saturated rings. The van der Waals surface area contributed by atoms with Crippen molar-refractivity contribution in [2.75, 3.05) is 59.5 Å². The number of nitrogens with zero attached hydrogens (tertiary/aromatic N) is 2.